The quantitative estimate of drug-likeness (QED) is 0.399. The standard InChI is InChI=1S/C25H24OSi/c1-27(2,22-10-4-3-5-11-22)25(13-8-16-26)20-14-15-24-21(18-20)17-19-9-6-7-12-23(19)24/h3-12,14-15,18,26H,16-17H2,1-2H3. The highest BCUT2D eigenvalue weighted by molar-refractivity contribution is 7.04. The summed E-state index contributed by atoms with van der Waals surface area (Å²) >= 11 is 0. The molecule has 0 bridgehead atoms. The summed E-state index contributed by atoms with van der Waals surface area (Å²) in [6.45, 7) is 4.73. The molecular formula is C25H24OSi. The Balaban J connectivity index is 1.82. The lowest BCUT2D eigenvalue weighted by Gasteiger charge is -2.26. The van der Waals surface area contributed by atoms with Crippen LogP contribution in [0.3, 0.4) is 0 Å². The van der Waals surface area contributed by atoms with Gasteiger partial charge in [-0.15, -0.1) is 5.73 Å². The molecular weight excluding hydrogens is 344 g/mol. The normalized spacial score (nSPS) is 12.1. The summed E-state index contributed by atoms with van der Waals surface area (Å²) in [5.41, 5.74) is 10.2. The van der Waals surface area contributed by atoms with Crippen molar-refractivity contribution in [2.75, 3.05) is 6.61 Å². The molecule has 0 radical (unpaired) electrons. The number of hydrogen-bond donors (Lipinski definition) is 1. The lowest BCUT2D eigenvalue weighted by Crippen LogP contribution is -2.42. The molecule has 0 aliphatic heterocycles. The van der Waals surface area contributed by atoms with E-state index in [2.05, 4.69) is 91.6 Å². The third kappa shape index (κ3) is 3.24. The third-order valence-electron chi connectivity index (χ3n) is 5.54. The molecule has 0 amide bonds. The van der Waals surface area contributed by atoms with Gasteiger partial charge >= 0.3 is 0 Å². The molecule has 1 aliphatic carbocycles. The summed E-state index contributed by atoms with van der Waals surface area (Å²) in [6.07, 6.45) is 2.73. The van der Waals surface area contributed by atoms with Gasteiger partial charge in [0.15, 0.2) is 0 Å². The van der Waals surface area contributed by atoms with E-state index in [0.717, 1.165) is 6.42 Å². The SMILES string of the molecule is C[Si](C)(C(=C=CCO)c1ccc2c(c1)Cc1ccccc1-2)c1ccccc1. The van der Waals surface area contributed by atoms with Crippen molar-refractivity contribution < 1.29 is 5.11 Å². The van der Waals surface area contributed by atoms with Gasteiger partial charge in [0.2, 0.25) is 0 Å². The van der Waals surface area contributed by atoms with Gasteiger partial charge in [0.25, 0.3) is 0 Å². The summed E-state index contributed by atoms with van der Waals surface area (Å²) < 4.78 is 0. The molecule has 27 heavy (non-hydrogen) atoms. The van der Waals surface area contributed by atoms with Crippen LogP contribution in [-0.2, 0) is 6.42 Å². The van der Waals surface area contributed by atoms with Gasteiger partial charge in [-0.3, -0.25) is 0 Å². The van der Waals surface area contributed by atoms with E-state index < -0.39 is 8.07 Å². The first-order valence-electron chi connectivity index (χ1n) is 9.45. The van der Waals surface area contributed by atoms with Crippen LogP contribution in [0.1, 0.15) is 16.7 Å². The van der Waals surface area contributed by atoms with E-state index in [1.807, 2.05) is 0 Å². The van der Waals surface area contributed by atoms with Crippen LogP contribution in [0.4, 0.5) is 0 Å². The summed E-state index contributed by atoms with van der Waals surface area (Å²) in [5, 5.41) is 12.0. The minimum Gasteiger partial charge on any atom is -0.392 e. The van der Waals surface area contributed by atoms with Crippen molar-refractivity contribution in [2.45, 2.75) is 19.5 Å². The molecule has 0 saturated heterocycles. The average molecular weight is 369 g/mol. The zero-order chi connectivity index (χ0) is 18.9. The topological polar surface area (TPSA) is 20.2 Å². The molecule has 134 valence electrons. The molecule has 0 aromatic heterocycles. The van der Waals surface area contributed by atoms with Crippen molar-refractivity contribution in [2.24, 2.45) is 0 Å². The van der Waals surface area contributed by atoms with E-state index in [1.165, 1.54) is 38.2 Å². The van der Waals surface area contributed by atoms with Gasteiger partial charge in [0, 0.05) is 0 Å². The summed E-state index contributed by atoms with van der Waals surface area (Å²) in [7, 11) is -1.94. The second kappa shape index (κ2) is 7.17. The van der Waals surface area contributed by atoms with E-state index in [4.69, 9.17) is 0 Å². The van der Waals surface area contributed by atoms with Crippen molar-refractivity contribution in [1.82, 2.24) is 0 Å². The van der Waals surface area contributed by atoms with E-state index >= 15 is 0 Å². The number of aliphatic hydroxyl groups excluding tert-OH is 1. The highest BCUT2D eigenvalue weighted by Crippen LogP contribution is 2.38. The Labute approximate surface area is 162 Å². The van der Waals surface area contributed by atoms with Crippen LogP contribution in [-0.4, -0.2) is 19.8 Å². The van der Waals surface area contributed by atoms with Crippen LogP contribution >= 0.6 is 0 Å². The van der Waals surface area contributed by atoms with Crippen LogP contribution in [0.5, 0.6) is 0 Å². The van der Waals surface area contributed by atoms with Gasteiger partial charge in [-0.1, -0.05) is 91.1 Å². The van der Waals surface area contributed by atoms with Crippen molar-refractivity contribution in [3.8, 4) is 11.1 Å². The highest BCUT2D eigenvalue weighted by Gasteiger charge is 2.30. The Bertz CT molecular complexity index is 1040. The smallest absolute Gasteiger partial charge is 0.122 e. The molecule has 0 unspecified atom stereocenters. The monoisotopic (exact) mass is 368 g/mol. The number of rotatable bonds is 4. The lowest BCUT2D eigenvalue weighted by atomic mass is 10.0. The molecule has 2 heteroatoms. The van der Waals surface area contributed by atoms with Crippen molar-refractivity contribution in [1.29, 1.82) is 0 Å². The fourth-order valence-electron chi connectivity index (χ4n) is 4.07. The van der Waals surface area contributed by atoms with Crippen LogP contribution < -0.4 is 5.19 Å². The molecule has 0 saturated carbocycles. The van der Waals surface area contributed by atoms with E-state index in [9.17, 15) is 5.11 Å². The maximum absolute atomic E-state index is 9.36. The van der Waals surface area contributed by atoms with Crippen molar-refractivity contribution >= 4 is 18.5 Å². The van der Waals surface area contributed by atoms with Crippen molar-refractivity contribution in [3.63, 3.8) is 0 Å². The Morgan fingerprint density at radius 1 is 0.926 bits per heavy atom. The molecule has 0 spiro atoms. The molecule has 1 aliphatic rings. The maximum Gasteiger partial charge on any atom is 0.122 e. The second-order valence-electron chi connectivity index (χ2n) is 7.60. The van der Waals surface area contributed by atoms with Gasteiger partial charge in [-0.05, 0) is 45.5 Å². The number of hydrogen-bond acceptors (Lipinski definition) is 1. The van der Waals surface area contributed by atoms with Crippen molar-refractivity contribution in [3.05, 3.63) is 101 Å². The summed E-state index contributed by atoms with van der Waals surface area (Å²) in [5.74, 6) is 0. The first-order chi connectivity index (χ1) is 13.1. The minimum absolute atomic E-state index is 0.0130. The minimum atomic E-state index is -1.94. The zero-order valence-corrected chi connectivity index (χ0v) is 16.9. The molecule has 3 aromatic carbocycles. The number of fused-ring (bicyclic) bond motifs is 3. The Morgan fingerprint density at radius 3 is 2.41 bits per heavy atom. The molecule has 0 fully saturated rings. The maximum atomic E-state index is 9.36. The van der Waals surface area contributed by atoms with Gasteiger partial charge in [-0.25, -0.2) is 0 Å². The molecule has 4 rings (SSSR count). The predicted octanol–water partition coefficient (Wildman–Crippen LogP) is 4.94. The molecule has 1 N–H and O–H groups in total. The van der Waals surface area contributed by atoms with Crippen LogP contribution in [0.25, 0.3) is 16.3 Å². The predicted molar refractivity (Wildman–Crippen MR) is 117 cm³/mol. The van der Waals surface area contributed by atoms with E-state index in [0.29, 0.717) is 0 Å². The summed E-state index contributed by atoms with van der Waals surface area (Å²) in [6, 6.07) is 26.2. The van der Waals surface area contributed by atoms with Crippen LogP contribution in [0.2, 0.25) is 13.1 Å². The van der Waals surface area contributed by atoms with Gasteiger partial charge in [0.1, 0.15) is 8.07 Å². The van der Waals surface area contributed by atoms with Gasteiger partial charge in [-0.2, -0.15) is 0 Å². The van der Waals surface area contributed by atoms with E-state index in [-0.39, 0.29) is 6.61 Å². The number of benzene rings is 3. The number of aliphatic hydroxyl groups is 1. The lowest BCUT2D eigenvalue weighted by molar-refractivity contribution is 0.343. The van der Waals surface area contributed by atoms with E-state index in [1.54, 1.807) is 6.08 Å². The fourth-order valence-corrected chi connectivity index (χ4v) is 6.73. The molecule has 1 nitrogen and oxygen atoms in total. The highest BCUT2D eigenvalue weighted by atomic mass is 28.3. The first kappa shape index (κ1) is 17.8. The zero-order valence-electron chi connectivity index (χ0n) is 15.9. The van der Waals surface area contributed by atoms with Crippen LogP contribution in [0.15, 0.2) is 84.6 Å². The second-order valence-corrected chi connectivity index (χ2v) is 11.9. The fraction of sp³-hybridized carbons (Fsp3) is 0.160. The summed E-state index contributed by atoms with van der Waals surface area (Å²) in [4.78, 5) is 0. The molecule has 3 aromatic rings. The Morgan fingerprint density at radius 2 is 1.63 bits per heavy atom. The molecule has 0 heterocycles. The van der Waals surface area contributed by atoms with Gasteiger partial charge in [0.05, 0.1) is 6.61 Å². The Hall–Kier alpha value is -2.64. The Kier molecular flexibility index (Phi) is 4.71. The largest absolute Gasteiger partial charge is 0.392 e. The molecule has 0 atom stereocenters. The average Bonchev–Trinajstić information content (AvgIpc) is 3.06. The van der Waals surface area contributed by atoms with Gasteiger partial charge < -0.3 is 5.11 Å². The van der Waals surface area contributed by atoms with Crippen LogP contribution in [0, 0.1) is 0 Å². The third-order valence-corrected chi connectivity index (χ3v) is 9.00. The first-order valence-corrected chi connectivity index (χ1v) is 12.4.